The monoisotopic (exact) mass is 440 g/mol. The summed E-state index contributed by atoms with van der Waals surface area (Å²) in [5, 5.41) is 20.8. The van der Waals surface area contributed by atoms with Crippen LogP contribution in [0.15, 0.2) is 35.5 Å². The molecule has 0 heterocycles. The van der Waals surface area contributed by atoms with Gasteiger partial charge in [-0.2, -0.15) is 0 Å². The normalized spacial score (nSPS) is 44.4. The molecule has 0 aliphatic heterocycles. The molecule has 0 radical (unpaired) electrons. The van der Waals surface area contributed by atoms with Crippen molar-refractivity contribution in [3.8, 4) is 0 Å². The van der Waals surface area contributed by atoms with E-state index in [4.69, 9.17) is 0 Å². The van der Waals surface area contributed by atoms with Crippen LogP contribution in [-0.4, -0.2) is 21.9 Å². The van der Waals surface area contributed by atoms with Gasteiger partial charge in [0.25, 0.3) is 0 Å². The molecule has 0 unspecified atom stereocenters. The summed E-state index contributed by atoms with van der Waals surface area (Å²) in [5.74, 6) is 1.95. The van der Waals surface area contributed by atoms with Gasteiger partial charge in [-0.1, -0.05) is 71.4 Å². The molecule has 32 heavy (non-hydrogen) atoms. The molecule has 0 aromatic carbocycles. The first kappa shape index (κ1) is 24.3. The van der Waals surface area contributed by atoms with Gasteiger partial charge in [-0.15, -0.1) is 0 Å². The van der Waals surface area contributed by atoms with Crippen molar-refractivity contribution in [1.29, 1.82) is 0 Å². The van der Waals surface area contributed by atoms with Crippen molar-refractivity contribution in [2.75, 3.05) is 0 Å². The number of allylic oxidation sites excluding steroid dienone is 4. The first-order chi connectivity index (χ1) is 14.7. The number of hydrogen-bond acceptors (Lipinski definition) is 2. The number of aliphatic hydroxyl groups is 2. The molecule has 4 rings (SSSR count). The summed E-state index contributed by atoms with van der Waals surface area (Å²) in [6.07, 6.45) is 17.2. The quantitative estimate of drug-likeness (QED) is 0.453. The van der Waals surface area contributed by atoms with Gasteiger partial charge in [-0.3, -0.25) is 0 Å². The largest absolute Gasteiger partial charge is 0.392 e. The molecule has 2 heteroatoms. The Kier molecular flexibility index (Phi) is 5.74. The first-order valence-electron chi connectivity index (χ1n) is 13.2. The second kappa shape index (κ2) is 7.57. The van der Waals surface area contributed by atoms with E-state index in [-0.39, 0.29) is 16.9 Å². The Hall–Kier alpha value is -0.860. The van der Waals surface area contributed by atoms with Gasteiger partial charge in [-0.05, 0) is 98.4 Å². The molecule has 0 saturated heterocycles. The fourth-order valence-corrected chi connectivity index (χ4v) is 8.70. The highest BCUT2D eigenvalue weighted by molar-refractivity contribution is 5.44. The third-order valence-electron chi connectivity index (χ3n) is 11.0. The van der Waals surface area contributed by atoms with Crippen molar-refractivity contribution >= 4 is 0 Å². The van der Waals surface area contributed by atoms with Gasteiger partial charge < -0.3 is 10.2 Å². The summed E-state index contributed by atoms with van der Waals surface area (Å²) in [5.41, 5.74) is 3.13. The third-order valence-corrected chi connectivity index (χ3v) is 11.0. The Labute approximate surface area is 197 Å². The Morgan fingerprint density at radius 3 is 2.41 bits per heavy atom. The van der Waals surface area contributed by atoms with Crippen molar-refractivity contribution < 1.29 is 10.2 Å². The number of hydrogen-bond donors (Lipinski definition) is 2. The topological polar surface area (TPSA) is 40.5 Å². The molecule has 2 N–H and O–H groups in total. The van der Waals surface area contributed by atoms with E-state index in [9.17, 15) is 10.2 Å². The lowest BCUT2D eigenvalue weighted by atomic mass is 9.41. The highest BCUT2D eigenvalue weighted by Gasteiger charge is 2.65. The molecule has 0 amide bonds. The van der Waals surface area contributed by atoms with E-state index in [1.54, 1.807) is 5.57 Å². The molecular formula is C30H48O2. The van der Waals surface area contributed by atoms with Crippen molar-refractivity contribution in [2.45, 2.75) is 112 Å². The zero-order chi connectivity index (χ0) is 23.7. The van der Waals surface area contributed by atoms with Crippen LogP contribution in [0.1, 0.15) is 100 Å². The smallest absolute Gasteiger partial charge is 0.0771 e. The van der Waals surface area contributed by atoms with E-state index in [0.717, 1.165) is 25.2 Å². The van der Waals surface area contributed by atoms with Crippen LogP contribution in [0.4, 0.5) is 0 Å². The second-order valence-electron chi connectivity index (χ2n) is 13.7. The summed E-state index contributed by atoms with van der Waals surface area (Å²) in [7, 11) is 0. The lowest BCUT2D eigenvalue weighted by Crippen LogP contribution is -2.55. The molecule has 2 saturated carbocycles. The maximum atomic E-state index is 10.7. The standard InChI is InChI=1S/C30H48O2/c1-20(10-9-16-26(2,3)32)21-15-17-30(8)24-13-11-22-23(12-14-25(31)27(22,4)5)28(24,6)18-19-29(21,30)7/h9,11,13,16,20-21,24-25,31-32H,10,12,14-15,17-19H2,1-8H3/b16-9+/t20-,21-,24-,25+,28+,29-,30+/m1/s1. The fourth-order valence-electron chi connectivity index (χ4n) is 8.70. The molecule has 7 atom stereocenters. The minimum Gasteiger partial charge on any atom is -0.392 e. The van der Waals surface area contributed by atoms with Crippen LogP contribution in [0.5, 0.6) is 0 Å². The Bertz CT molecular complexity index is 839. The van der Waals surface area contributed by atoms with Gasteiger partial charge in [0.2, 0.25) is 0 Å². The zero-order valence-electron chi connectivity index (χ0n) is 22.0. The average molecular weight is 441 g/mol. The molecule has 0 aromatic heterocycles. The Morgan fingerprint density at radius 2 is 1.75 bits per heavy atom. The summed E-state index contributed by atoms with van der Waals surface area (Å²) in [6, 6.07) is 0. The highest BCUT2D eigenvalue weighted by atomic mass is 16.3. The lowest BCUT2D eigenvalue weighted by molar-refractivity contribution is -0.0861. The van der Waals surface area contributed by atoms with Gasteiger partial charge in [0, 0.05) is 5.41 Å². The van der Waals surface area contributed by atoms with Crippen molar-refractivity contribution in [3.05, 3.63) is 35.5 Å². The molecule has 4 aliphatic rings. The molecule has 0 bridgehead atoms. The summed E-state index contributed by atoms with van der Waals surface area (Å²) in [6.45, 7) is 18.4. The Balaban J connectivity index is 1.63. The van der Waals surface area contributed by atoms with Gasteiger partial charge in [0.1, 0.15) is 0 Å². The van der Waals surface area contributed by atoms with Gasteiger partial charge in [0.15, 0.2) is 0 Å². The minimum absolute atomic E-state index is 0.140. The SMILES string of the molecule is C[C@H](C/C=C/C(C)(C)O)[C@H]1CC[C@@]2(C)[C@@H]3C=CC4=C(CC[C@H](O)C4(C)C)[C@]3(C)CC[C@]12C. The summed E-state index contributed by atoms with van der Waals surface area (Å²) >= 11 is 0. The maximum absolute atomic E-state index is 10.7. The van der Waals surface area contributed by atoms with Gasteiger partial charge in [0.05, 0.1) is 11.7 Å². The molecule has 2 nitrogen and oxygen atoms in total. The highest BCUT2D eigenvalue weighted by Crippen LogP contribution is 2.73. The lowest BCUT2D eigenvalue weighted by Gasteiger charge is -2.63. The minimum atomic E-state index is -0.722. The van der Waals surface area contributed by atoms with Crippen molar-refractivity contribution in [3.63, 3.8) is 0 Å². The van der Waals surface area contributed by atoms with Crippen LogP contribution < -0.4 is 0 Å². The number of rotatable bonds is 4. The molecule has 2 fully saturated rings. The predicted molar refractivity (Wildman–Crippen MR) is 134 cm³/mol. The maximum Gasteiger partial charge on any atom is 0.0771 e. The van der Waals surface area contributed by atoms with Crippen molar-refractivity contribution in [2.24, 2.45) is 39.4 Å². The van der Waals surface area contributed by atoms with Crippen molar-refractivity contribution in [1.82, 2.24) is 0 Å². The first-order valence-corrected chi connectivity index (χ1v) is 13.2. The van der Waals surface area contributed by atoms with E-state index in [1.807, 2.05) is 19.9 Å². The summed E-state index contributed by atoms with van der Waals surface area (Å²) in [4.78, 5) is 0. The van der Waals surface area contributed by atoms with E-state index < -0.39 is 5.60 Å². The fraction of sp³-hybridized carbons (Fsp3) is 0.800. The Morgan fingerprint density at radius 1 is 1.06 bits per heavy atom. The summed E-state index contributed by atoms with van der Waals surface area (Å²) < 4.78 is 0. The third kappa shape index (κ3) is 3.42. The molecule has 0 spiro atoms. The number of aliphatic hydroxyl groups excluding tert-OH is 1. The van der Waals surface area contributed by atoms with Crippen LogP contribution in [0.3, 0.4) is 0 Å². The number of fused-ring (bicyclic) bond motifs is 4. The average Bonchev–Trinajstić information content (AvgIpc) is 2.95. The van der Waals surface area contributed by atoms with Crippen LogP contribution in [0, 0.1) is 39.4 Å². The van der Waals surface area contributed by atoms with Crippen LogP contribution in [0.2, 0.25) is 0 Å². The van der Waals surface area contributed by atoms with Crippen LogP contribution in [-0.2, 0) is 0 Å². The molecule has 4 aliphatic carbocycles. The van der Waals surface area contributed by atoms with E-state index in [0.29, 0.717) is 22.7 Å². The second-order valence-corrected chi connectivity index (χ2v) is 13.7. The van der Waals surface area contributed by atoms with Crippen LogP contribution in [0.25, 0.3) is 0 Å². The van der Waals surface area contributed by atoms with E-state index >= 15 is 0 Å². The van der Waals surface area contributed by atoms with Gasteiger partial charge in [-0.25, -0.2) is 0 Å². The predicted octanol–water partition coefficient (Wildman–Crippen LogP) is 7.23. The molecule has 0 aromatic rings. The molecular weight excluding hydrogens is 392 g/mol. The molecule has 180 valence electrons. The van der Waals surface area contributed by atoms with E-state index in [1.165, 1.54) is 31.3 Å². The van der Waals surface area contributed by atoms with E-state index in [2.05, 4.69) is 59.8 Å². The zero-order valence-corrected chi connectivity index (χ0v) is 22.0. The van der Waals surface area contributed by atoms with Crippen LogP contribution >= 0.6 is 0 Å². The van der Waals surface area contributed by atoms with Gasteiger partial charge >= 0.3 is 0 Å².